The smallest absolute Gasteiger partial charge is 0.262 e. The molecule has 1 fully saturated rings. The van der Waals surface area contributed by atoms with Gasteiger partial charge in [-0.2, -0.15) is 4.31 Å². The van der Waals surface area contributed by atoms with E-state index in [0.717, 1.165) is 5.56 Å². The van der Waals surface area contributed by atoms with E-state index in [1.807, 2.05) is 38.1 Å². The second-order valence-electron chi connectivity index (χ2n) is 6.92. The number of amides is 1. The summed E-state index contributed by atoms with van der Waals surface area (Å²) in [7, 11) is -3.59. The highest BCUT2D eigenvalue weighted by Gasteiger charge is 2.33. The van der Waals surface area contributed by atoms with Gasteiger partial charge in [-0.3, -0.25) is 4.79 Å². The van der Waals surface area contributed by atoms with E-state index < -0.39 is 10.0 Å². The summed E-state index contributed by atoms with van der Waals surface area (Å²) in [5, 5.41) is 3.04. The second-order valence-corrected chi connectivity index (χ2v) is 8.81. The van der Waals surface area contributed by atoms with Gasteiger partial charge in [0.1, 0.15) is 0 Å². The Balaban J connectivity index is 1.53. The molecule has 0 saturated carbocycles. The average Bonchev–Trinajstić information content (AvgIpc) is 3.17. The highest BCUT2D eigenvalue weighted by molar-refractivity contribution is 7.89. The molecule has 0 atom stereocenters. The molecule has 1 aromatic heterocycles. The predicted molar refractivity (Wildman–Crippen MR) is 102 cm³/mol. The lowest BCUT2D eigenvalue weighted by Crippen LogP contribution is -2.42. The fraction of sp³-hybridized carbons (Fsp3) is 0.474. The Labute approximate surface area is 160 Å². The fourth-order valence-corrected chi connectivity index (χ4v) is 4.58. The number of hydrogen-bond acceptors (Lipinski definition) is 4. The summed E-state index contributed by atoms with van der Waals surface area (Å²) in [6.07, 6.45) is 4.12. The molecule has 1 amide bonds. The maximum atomic E-state index is 12.7. The third kappa shape index (κ3) is 4.56. The van der Waals surface area contributed by atoms with Crippen LogP contribution in [0.25, 0.3) is 0 Å². The number of piperidine rings is 1. The summed E-state index contributed by atoms with van der Waals surface area (Å²) in [5.74, 6) is -0.169. The monoisotopic (exact) mass is 390 g/mol. The molecule has 3 rings (SSSR count). The topological polar surface area (TPSA) is 84.3 Å². The van der Waals surface area contributed by atoms with Gasteiger partial charge >= 0.3 is 0 Å². The van der Waals surface area contributed by atoms with E-state index in [4.69, 9.17) is 0 Å². The van der Waals surface area contributed by atoms with E-state index in [0.29, 0.717) is 39.0 Å². The molecule has 27 heavy (non-hydrogen) atoms. The van der Waals surface area contributed by atoms with Crippen molar-refractivity contribution in [3.05, 3.63) is 47.9 Å². The lowest BCUT2D eigenvalue weighted by Gasteiger charge is -2.29. The molecule has 1 aliphatic heterocycles. The molecule has 2 aromatic rings. The van der Waals surface area contributed by atoms with E-state index in [1.165, 1.54) is 16.2 Å². The Morgan fingerprint density at radius 3 is 2.48 bits per heavy atom. The van der Waals surface area contributed by atoms with Crippen LogP contribution in [-0.2, 0) is 27.9 Å². The zero-order chi connectivity index (χ0) is 19.4. The highest BCUT2D eigenvalue weighted by Crippen LogP contribution is 2.23. The molecule has 8 heteroatoms. The highest BCUT2D eigenvalue weighted by atomic mass is 32.2. The minimum Gasteiger partial charge on any atom is -0.352 e. The van der Waals surface area contributed by atoms with Gasteiger partial charge in [0.15, 0.2) is 5.03 Å². The predicted octanol–water partition coefficient (Wildman–Crippen LogP) is 1.93. The number of aromatic nitrogens is 2. The number of nitrogens with one attached hydrogen (secondary N) is 1. The summed E-state index contributed by atoms with van der Waals surface area (Å²) < 4.78 is 28.5. The minimum absolute atomic E-state index is 0.0112. The van der Waals surface area contributed by atoms with Crippen molar-refractivity contribution in [1.29, 1.82) is 0 Å². The first-order valence-electron chi connectivity index (χ1n) is 9.25. The van der Waals surface area contributed by atoms with Crippen LogP contribution in [0.5, 0.6) is 0 Å². The zero-order valence-electron chi connectivity index (χ0n) is 15.8. The molecular formula is C19H26N4O3S. The number of hydrogen-bond donors (Lipinski definition) is 1. The van der Waals surface area contributed by atoms with Gasteiger partial charge < -0.3 is 9.88 Å². The van der Waals surface area contributed by atoms with Crippen molar-refractivity contribution in [2.45, 2.75) is 44.8 Å². The van der Waals surface area contributed by atoms with Gasteiger partial charge in [0, 0.05) is 38.3 Å². The van der Waals surface area contributed by atoms with E-state index in [1.54, 1.807) is 10.8 Å². The van der Waals surface area contributed by atoms with Gasteiger partial charge in [-0.05, 0) is 32.3 Å². The summed E-state index contributed by atoms with van der Waals surface area (Å²) >= 11 is 0. The molecule has 0 unspecified atom stereocenters. The van der Waals surface area contributed by atoms with Crippen molar-refractivity contribution in [2.24, 2.45) is 5.92 Å². The number of benzene rings is 1. The summed E-state index contributed by atoms with van der Waals surface area (Å²) in [4.78, 5) is 16.4. The lowest BCUT2D eigenvalue weighted by molar-refractivity contribution is -0.126. The van der Waals surface area contributed by atoms with E-state index in [2.05, 4.69) is 10.3 Å². The van der Waals surface area contributed by atoms with Gasteiger partial charge in [-0.25, -0.2) is 13.4 Å². The number of rotatable bonds is 6. The zero-order valence-corrected chi connectivity index (χ0v) is 16.6. The number of aryl methyl sites for hydroxylation is 2. The fourth-order valence-electron chi connectivity index (χ4n) is 3.18. The van der Waals surface area contributed by atoms with Crippen LogP contribution in [0.3, 0.4) is 0 Å². The molecule has 0 spiro atoms. The standard InChI is InChI=1S/C19H26N4O3S/c1-3-22-13-18(21-14-22)27(25,26)23-10-8-17(9-11-23)19(24)20-12-16-6-4-15(2)5-7-16/h4-7,13-14,17H,3,8-12H2,1-2H3,(H,20,24). The molecule has 1 aromatic carbocycles. The van der Waals surface area contributed by atoms with Gasteiger partial charge in [0.2, 0.25) is 5.91 Å². The van der Waals surface area contributed by atoms with Crippen LogP contribution in [-0.4, -0.2) is 41.3 Å². The van der Waals surface area contributed by atoms with Crippen molar-refractivity contribution >= 4 is 15.9 Å². The second kappa shape index (κ2) is 8.22. The molecular weight excluding hydrogens is 364 g/mol. The molecule has 1 aliphatic rings. The van der Waals surface area contributed by atoms with Crippen LogP contribution in [0, 0.1) is 12.8 Å². The summed E-state index contributed by atoms with van der Waals surface area (Å²) in [5.41, 5.74) is 2.24. The first-order chi connectivity index (χ1) is 12.9. The van der Waals surface area contributed by atoms with Gasteiger partial charge in [-0.1, -0.05) is 29.8 Å². The number of sulfonamides is 1. The first kappa shape index (κ1) is 19.6. The Hall–Kier alpha value is -2.19. The number of nitrogens with zero attached hydrogens (tertiary/aromatic N) is 3. The number of carbonyl (C=O) groups excluding carboxylic acids is 1. The third-order valence-corrected chi connectivity index (χ3v) is 6.78. The van der Waals surface area contributed by atoms with Crippen molar-refractivity contribution in [1.82, 2.24) is 19.2 Å². The summed E-state index contributed by atoms with van der Waals surface area (Å²) in [6, 6.07) is 8.04. The van der Waals surface area contributed by atoms with Crippen molar-refractivity contribution < 1.29 is 13.2 Å². The van der Waals surface area contributed by atoms with Crippen LogP contribution in [0.2, 0.25) is 0 Å². The Kier molecular flexibility index (Phi) is 5.96. The molecule has 0 bridgehead atoms. The first-order valence-corrected chi connectivity index (χ1v) is 10.7. The van der Waals surface area contributed by atoms with Crippen molar-refractivity contribution in [2.75, 3.05) is 13.1 Å². The summed E-state index contributed by atoms with van der Waals surface area (Å²) in [6.45, 7) is 5.79. The largest absolute Gasteiger partial charge is 0.352 e. The van der Waals surface area contributed by atoms with E-state index in [-0.39, 0.29) is 16.9 Å². The maximum absolute atomic E-state index is 12.7. The molecule has 0 aliphatic carbocycles. The Morgan fingerprint density at radius 2 is 1.89 bits per heavy atom. The molecule has 2 heterocycles. The van der Waals surface area contributed by atoms with Gasteiger partial charge in [0.05, 0.1) is 6.33 Å². The van der Waals surface area contributed by atoms with Gasteiger partial charge in [-0.15, -0.1) is 0 Å². The molecule has 1 saturated heterocycles. The van der Waals surface area contributed by atoms with Crippen LogP contribution < -0.4 is 5.32 Å². The van der Waals surface area contributed by atoms with Crippen LogP contribution in [0.4, 0.5) is 0 Å². The lowest BCUT2D eigenvalue weighted by atomic mass is 9.97. The Bertz CT molecular complexity index is 882. The average molecular weight is 391 g/mol. The third-order valence-electron chi connectivity index (χ3n) is 4.99. The van der Waals surface area contributed by atoms with Crippen molar-refractivity contribution in [3.8, 4) is 0 Å². The molecule has 7 nitrogen and oxygen atoms in total. The molecule has 0 radical (unpaired) electrons. The normalized spacial score (nSPS) is 16.4. The molecule has 1 N–H and O–H groups in total. The van der Waals surface area contributed by atoms with Gasteiger partial charge in [0.25, 0.3) is 10.0 Å². The number of carbonyl (C=O) groups is 1. The van der Waals surface area contributed by atoms with Crippen LogP contribution in [0.15, 0.2) is 41.8 Å². The maximum Gasteiger partial charge on any atom is 0.262 e. The van der Waals surface area contributed by atoms with E-state index >= 15 is 0 Å². The quantitative estimate of drug-likeness (QED) is 0.817. The van der Waals surface area contributed by atoms with Crippen LogP contribution >= 0.6 is 0 Å². The SMILES string of the molecule is CCn1cnc(S(=O)(=O)N2CCC(C(=O)NCc3ccc(C)cc3)CC2)c1. The van der Waals surface area contributed by atoms with Crippen molar-refractivity contribution in [3.63, 3.8) is 0 Å². The minimum atomic E-state index is -3.59. The Morgan fingerprint density at radius 1 is 1.22 bits per heavy atom. The number of imidazole rings is 1. The van der Waals surface area contributed by atoms with Crippen LogP contribution in [0.1, 0.15) is 30.9 Å². The van der Waals surface area contributed by atoms with E-state index in [9.17, 15) is 13.2 Å². The molecule has 146 valence electrons.